The fourth-order valence-corrected chi connectivity index (χ4v) is 3.67. The van der Waals surface area contributed by atoms with Gasteiger partial charge in [-0.05, 0) is 43.3 Å². The van der Waals surface area contributed by atoms with Gasteiger partial charge in [0.2, 0.25) is 0 Å². The molecule has 3 aromatic rings. The molecular weight excluding hydrogens is 408 g/mol. The third kappa shape index (κ3) is 4.56. The van der Waals surface area contributed by atoms with Crippen LogP contribution in [-0.4, -0.2) is 66.4 Å². The lowest BCUT2D eigenvalue weighted by Crippen LogP contribution is -2.49. The number of hydrogen-bond acceptors (Lipinski definition) is 8. The predicted octanol–water partition coefficient (Wildman–Crippen LogP) is 2.90. The van der Waals surface area contributed by atoms with Gasteiger partial charge in [0.15, 0.2) is 23.1 Å². The van der Waals surface area contributed by atoms with Crippen molar-refractivity contribution >= 4 is 23.4 Å². The van der Waals surface area contributed by atoms with Crippen LogP contribution in [0.15, 0.2) is 48.5 Å². The molecule has 1 aromatic carbocycles. The minimum absolute atomic E-state index is 0.0725. The van der Waals surface area contributed by atoms with Gasteiger partial charge >= 0.3 is 0 Å². The lowest BCUT2D eigenvalue weighted by Gasteiger charge is -2.35. The highest BCUT2D eigenvalue weighted by atomic mass is 16.5. The summed E-state index contributed by atoms with van der Waals surface area (Å²) >= 11 is 0. The molecule has 1 saturated heterocycles. The quantitative estimate of drug-likeness (QED) is 0.633. The molecule has 2 aromatic heterocycles. The van der Waals surface area contributed by atoms with Crippen LogP contribution in [-0.2, 0) is 0 Å². The molecule has 0 atom stereocenters. The van der Waals surface area contributed by atoms with Gasteiger partial charge in [0.25, 0.3) is 5.91 Å². The summed E-state index contributed by atoms with van der Waals surface area (Å²) in [4.78, 5) is 21.4. The minimum atomic E-state index is -0.0725. The van der Waals surface area contributed by atoms with E-state index < -0.39 is 0 Å². The van der Waals surface area contributed by atoms with Crippen LogP contribution in [0, 0.1) is 6.92 Å². The number of nitrogens with one attached hydrogen (secondary N) is 1. The minimum Gasteiger partial charge on any atom is -0.493 e. The van der Waals surface area contributed by atoms with Crippen molar-refractivity contribution in [3.63, 3.8) is 0 Å². The van der Waals surface area contributed by atoms with Gasteiger partial charge in [-0.2, -0.15) is 0 Å². The highest BCUT2D eigenvalue weighted by Crippen LogP contribution is 2.31. The van der Waals surface area contributed by atoms with Crippen molar-refractivity contribution in [2.75, 3.05) is 50.6 Å². The molecule has 1 fully saturated rings. The van der Waals surface area contributed by atoms with Crippen molar-refractivity contribution in [1.29, 1.82) is 0 Å². The van der Waals surface area contributed by atoms with Crippen LogP contribution in [0.3, 0.4) is 0 Å². The van der Waals surface area contributed by atoms with E-state index in [0.29, 0.717) is 49.1 Å². The Bertz CT molecular complexity index is 1080. The van der Waals surface area contributed by atoms with Crippen LogP contribution in [0.2, 0.25) is 0 Å². The number of benzene rings is 1. The number of hydrogen-bond donors (Lipinski definition) is 1. The Balaban J connectivity index is 1.38. The molecule has 0 radical (unpaired) electrons. The van der Waals surface area contributed by atoms with Crippen molar-refractivity contribution in [1.82, 2.24) is 20.1 Å². The molecule has 1 N–H and O–H groups in total. The van der Waals surface area contributed by atoms with E-state index in [1.54, 1.807) is 32.4 Å². The van der Waals surface area contributed by atoms with E-state index in [-0.39, 0.29) is 5.91 Å². The van der Waals surface area contributed by atoms with E-state index in [4.69, 9.17) is 9.47 Å². The molecule has 1 aliphatic rings. The maximum atomic E-state index is 13.1. The first-order valence-electron chi connectivity index (χ1n) is 10.4. The fourth-order valence-electron chi connectivity index (χ4n) is 3.67. The molecule has 166 valence electrons. The second kappa shape index (κ2) is 9.51. The molecule has 32 heavy (non-hydrogen) atoms. The third-order valence-electron chi connectivity index (χ3n) is 5.32. The molecule has 0 unspecified atom stereocenters. The number of rotatable bonds is 6. The average molecular weight is 435 g/mol. The van der Waals surface area contributed by atoms with Gasteiger partial charge < -0.3 is 24.6 Å². The average Bonchev–Trinajstić information content (AvgIpc) is 2.83. The van der Waals surface area contributed by atoms with Crippen molar-refractivity contribution < 1.29 is 14.3 Å². The molecule has 3 heterocycles. The maximum Gasteiger partial charge on any atom is 0.257 e. The summed E-state index contributed by atoms with van der Waals surface area (Å²) in [6.45, 7) is 4.43. The van der Waals surface area contributed by atoms with Gasteiger partial charge in [0.1, 0.15) is 5.82 Å². The number of anilines is 3. The van der Waals surface area contributed by atoms with Crippen LogP contribution in [0.4, 0.5) is 17.5 Å². The van der Waals surface area contributed by atoms with Crippen LogP contribution in [0.5, 0.6) is 11.5 Å². The molecule has 9 nitrogen and oxygen atoms in total. The summed E-state index contributed by atoms with van der Waals surface area (Å²) < 4.78 is 10.7. The van der Waals surface area contributed by atoms with E-state index in [2.05, 4.69) is 25.4 Å². The molecule has 0 saturated carbocycles. The smallest absolute Gasteiger partial charge is 0.257 e. The van der Waals surface area contributed by atoms with Crippen molar-refractivity contribution in [2.45, 2.75) is 6.92 Å². The third-order valence-corrected chi connectivity index (χ3v) is 5.32. The van der Waals surface area contributed by atoms with Gasteiger partial charge in [-0.3, -0.25) is 4.79 Å². The monoisotopic (exact) mass is 434 g/mol. The van der Waals surface area contributed by atoms with Gasteiger partial charge in [-0.25, -0.2) is 4.98 Å². The topological polar surface area (TPSA) is 92.7 Å². The van der Waals surface area contributed by atoms with Gasteiger partial charge in [0, 0.05) is 31.9 Å². The first kappa shape index (κ1) is 21.4. The van der Waals surface area contributed by atoms with E-state index in [1.165, 1.54) is 0 Å². The lowest BCUT2D eigenvalue weighted by molar-refractivity contribution is 0.0742. The summed E-state index contributed by atoms with van der Waals surface area (Å²) in [7, 11) is 3.10. The Labute approximate surface area is 187 Å². The Morgan fingerprint density at radius 2 is 1.69 bits per heavy atom. The molecule has 0 bridgehead atoms. The SMILES string of the molecule is COc1cccc(C(=O)N2CCN(c3ccc(Nc4cccc(C)n4)nn3)CC2)c1OC. The predicted molar refractivity (Wildman–Crippen MR) is 122 cm³/mol. The van der Waals surface area contributed by atoms with E-state index in [9.17, 15) is 4.79 Å². The van der Waals surface area contributed by atoms with Crippen LogP contribution in [0.25, 0.3) is 0 Å². The molecule has 4 rings (SSSR count). The highest BCUT2D eigenvalue weighted by molar-refractivity contribution is 5.98. The van der Waals surface area contributed by atoms with Crippen molar-refractivity contribution in [3.05, 3.63) is 59.8 Å². The van der Waals surface area contributed by atoms with Crippen LogP contribution >= 0.6 is 0 Å². The second-order valence-electron chi connectivity index (χ2n) is 7.39. The highest BCUT2D eigenvalue weighted by Gasteiger charge is 2.26. The van der Waals surface area contributed by atoms with Gasteiger partial charge in [0.05, 0.1) is 19.8 Å². The number of ether oxygens (including phenoxy) is 2. The molecule has 9 heteroatoms. The summed E-state index contributed by atoms with van der Waals surface area (Å²) in [5.41, 5.74) is 1.43. The standard InChI is InChI=1S/C23H26N6O3/c1-16-6-4-9-19(24-16)25-20-10-11-21(27-26-20)28-12-14-29(15-13-28)23(30)17-7-5-8-18(31-2)22(17)32-3/h4-11H,12-15H2,1-3H3,(H,24,25,26). The number of pyridine rings is 1. The fraction of sp³-hybridized carbons (Fsp3) is 0.304. The Morgan fingerprint density at radius 3 is 2.34 bits per heavy atom. The number of aryl methyl sites for hydroxylation is 1. The Kier molecular flexibility index (Phi) is 6.34. The van der Waals surface area contributed by atoms with E-state index in [0.717, 1.165) is 17.3 Å². The molecule has 0 aliphatic carbocycles. The number of piperazine rings is 1. The second-order valence-corrected chi connectivity index (χ2v) is 7.39. The van der Waals surface area contributed by atoms with Gasteiger partial charge in [-0.15, -0.1) is 10.2 Å². The molecule has 0 spiro atoms. The Hall–Kier alpha value is -3.88. The molecular formula is C23H26N6O3. The van der Waals surface area contributed by atoms with Gasteiger partial charge in [-0.1, -0.05) is 12.1 Å². The summed E-state index contributed by atoms with van der Waals surface area (Å²) in [5.74, 6) is 3.06. The van der Waals surface area contributed by atoms with Crippen molar-refractivity contribution in [3.8, 4) is 11.5 Å². The summed E-state index contributed by atoms with van der Waals surface area (Å²) in [6.07, 6.45) is 0. The normalized spacial score (nSPS) is 13.6. The largest absolute Gasteiger partial charge is 0.493 e. The first-order valence-corrected chi connectivity index (χ1v) is 10.4. The number of nitrogens with zero attached hydrogens (tertiary/aromatic N) is 5. The zero-order chi connectivity index (χ0) is 22.5. The summed E-state index contributed by atoms with van der Waals surface area (Å²) in [6, 6.07) is 14.9. The number of carbonyl (C=O) groups is 1. The summed E-state index contributed by atoms with van der Waals surface area (Å²) in [5, 5.41) is 11.8. The van der Waals surface area contributed by atoms with E-state index >= 15 is 0 Å². The Morgan fingerprint density at radius 1 is 0.906 bits per heavy atom. The first-order chi connectivity index (χ1) is 15.6. The van der Waals surface area contributed by atoms with Crippen molar-refractivity contribution in [2.24, 2.45) is 0 Å². The number of carbonyl (C=O) groups excluding carboxylic acids is 1. The number of para-hydroxylation sites is 1. The number of amides is 1. The zero-order valence-corrected chi connectivity index (χ0v) is 18.4. The molecule has 1 amide bonds. The van der Waals surface area contributed by atoms with Crippen LogP contribution < -0.4 is 19.7 Å². The van der Waals surface area contributed by atoms with Crippen LogP contribution in [0.1, 0.15) is 16.1 Å². The number of aromatic nitrogens is 3. The van der Waals surface area contributed by atoms with E-state index in [1.807, 2.05) is 42.2 Å². The lowest BCUT2D eigenvalue weighted by atomic mass is 10.1. The number of methoxy groups -OCH3 is 2. The maximum absolute atomic E-state index is 13.1. The zero-order valence-electron chi connectivity index (χ0n) is 18.4. The molecule has 1 aliphatic heterocycles.